The first-order valence-electron chi connectivity index (χ1n) is 14.4. The van der Waals surface area contributed by atoms with Crippen LogP contribution in [0.1, 0.15) is 103 Å². The molecule has 0 fully saturated rings. The van der Waals surface area contributed by atoms with Crippen molar-refractivity contribution in [3.8, 4) is 0 Å². The average molecular weight is 551 g/mol. The normalized spacial score (nSPS) is 11.6. The molecule has 6 heteroatoms. The van der Waals surface area contributed by atoms with Crippen LogP contribution in [0.4, 0.5) is 0 Å². The van der Waals surface area contributed by atoms with Crippen molar-refractivity contribution in [1.82, 2.24) is 0 Å². The van der Waals surface area contributed by atoms with Crippen LogP contribution in [0.25, 0.3) is 0 Å². The molecule has 0 spiro atoms. The van der Waals surface area contributed by atoms with Gasteiger partial charge >= 0.3 is 11.9 Å². The molecule has 0 radical (unpaired) electrons. The second kappa shape index (κ2) is 16.7. The van der Waals surface area contributed by atoms with Crippen LogP contribution in [0.3, 0.4) is 0 Å². The molecule has 2 aromatic rings. The summed E-state index contributed by atoms with van der Waals surface area (Å²) < 4.78 is 10.7. The quantitative estimate of drug-likeness (QED) is 0.168. The van der Waals surface area contributed by atoms with E-state index < -0.39 is 0 Å². The highest BCUT2D eigenvalue weighted by atomic mass is 16.5. The first kappa shape index (κ1) is 32.9. The topological polar surface area (TPSA) is 86.7 Å². The van der Waals surface area contributed by atoms with E-state index in [1.807, 2.05) is 60.7 Å². The predicted octanol–water partition coefficient (Wildman–Crippen LogP) is 7.56. The number of Topliss-reactive ketones (excluding diaryl/α,β-unsaturated/α-hetero) is 2. The van der Waals surface area contributed by atoms with Gasteiger partial charge in [-0.1, -0.05) is 88.4 Å². The third-order valence-corrected chi connectivity index (χ3v) is 7.34. The molecule has 0 aliphatic rings. The highest BCUT2D eigenvalue weighted by Crippen LogP contribution is 2.30. The number of benzene rings is 2. The molecule has 0 aliphatic heterocycles. The molecule has 0 saturated carbocycles. The van der Waals surface area contributed by atoms with Crippen molar-refractivity contribution in [2.75, 3.05) is 0 Å². The number of esters is 2. The van der Waals surface area contributed by atoms with E-state index in [1.54, 1.807) is 0 Å². The van der Waals surface area contributed by atoms with Crippen molar-refractivity contribution in [3.63, 3.8) is 0 Å². The molecular formula is C34H46O6. The number of hydrogen-bond donors (Lipinski definition) is 0. The molecule has 218 valence electrons. The summed E-state index contributed by atoms with van der Waals surface area (Å²) in [4.78, 5) is 49.1. The van der Waals surface area contributed by atoms with Crippen molar-refractivity contribution in [2.24, 2.45) is 10.8 Å². The van der Waals surface area contributed by atoms with Crippen molar-refractivity contribution in [1.29, 1.82) is 0 Å². The van der Waals surface area contributed by atoms with Crippen LogP contribution in [0.15, 0.2) is 60.7 Å². The number of hydrogen-bond acceptors (Lipinski definition) is 6. The molecule has 0 atom stereocenters. The fraction of sp³-hybridized carbons (Fsp3) is 0.529. The monoisotopic (exact) mass is 550 g/mol. The maximum Gasteiger partial charge on any atom is 0.306 e. The van der Waals surface area contributed by atoms with E-state index in [0.29, 0.717) is 51.4 Å². The predicted molar refractivity (Wildman–Crippen MR) is 156 cm³/mol. The lowest BCUT2D eigenvalue weighted by atomic mass is 9.81. The number of ether oxygens (including phenoxy) is 2. The maximum atomic E-state index is 12.4. The van der Waals surface area contributed by atoms with Crippen molar-refractivity contribution < 1.29 is 28.7 Å². The van der Waals surface area contributed by atoms with Crippen LogP contribution in [0.5, 0.6) is 0 Å². The Hall–Kier alpha value is -3.28. The molecule has 0 amide bonds. The molecular weight excluding hydrogens is 504 g/mol. The van der Waals surface area contributed by atoms with Crippen LogP contribution in [0, 0.1) is 10.8 Å². The zero-order chi connectivity index (χ0) is 29.4. The molecule has 2 aromatic carbocycles. The SMILES string of the molecule is CC(C)(CCC(=O)CCC(=O)CCC(C)(C)CCC(=O)OCc1ccccc1)CCC(=O)OCc1ccccc1. The van der Waals surface area contributed by atoms with Gasteiger partial charge in [0.25, 0.3) is 0 Å². The number of ketones is 2. The van der Waals surface area contributed by atoms with E-state index in [-0.39, 0.29) is 60.4 Å². The largest absolute Gasteiger partial charge is 0.461 e. The zero-order valence-electron chi connectivity index (χ0n) is 24.7. The van der Waals surface area contributed by atoms with Crippen LogP contribution < -0.4 is 0 Å². The minimum absolute atomic E-state index is 0.0773. The number of carbonyl (C=O) groups is 4. The van der Waals surface area contributed by atoms with E-state index in [2.05, 4.69) is 27.7 Å². The Kier molecular flexibility index (Phi) is 13.8. The maximum absolute atomic E-state index is 12.4. The van der Waals surface area contributed by atoms with Gasteiger partial charge in [-0.3, -0.25) is 19.2 Å². The molecule has 0 aromatic heterocycles. The van der Waals surface area contributed by atoms with Gasteiger partial charge in [-0.05, 0) is 47.6 Å². The van der Waals surface area contributed by atoms with Crippen LogP contribution in [0.2, 0.25) is 0 Å². The lowest BCUT2D eigenvalue weighted by molar-refractivity contribution is -0.146. The molecule has 0 N–H and O–H groups in total. The Labute approximate surface area is 239 Å². The second-order valence-electron chi connectivity index (χ2n) is 12.2. The van der Waals surface area contributed by atoms with Crippen molar-refractivity contribution in [3.05, 3.63) is 71.8 Å². The lowest BCUT2D eigenvalue weighted by Crippen LogP contribution is -2.18. The molecule has 0 bridgehead atoms. The molecule has 6 nitrogen and oxygen atoms in total. The molecule has 0 heterocycles. The van der Waals surface area contributed by atoms with Crippen molar-refractivity contribution in [2.45, 2.75) is 105 Å². The fourth-order valence-corrected chi connectivity index (χ4v) is 4.24. The highest BCUT2D eigenvalue weighted by molar-refractivity contribution is 5.86. The zero-order valence-corrected chi connectivity index (χ0v) is 24.7. The highest BCUT2D eigenvalue weighted by Gasteiger charge is 2.23. The molecule has 0 saturated heterocycles. The molecule has 0 unspecified atom stereocenters. The lowest BCUT2D eigenvalue weighted by Gasteiger charge is -2.24. The average Bonchev–Trinajstić information content (AvgIpc) is 2.95. The van der Waals surface area contributed by atoms with Gasteiger partial charge in [-0.15, -0.1) is 0 Å². The fourth-order valence-electron chi connectivity index (χ4n) is 4.24. The van der Waals surface area contributed by atoms with Crippen LogP contribution >= 0.6 is 0 Å². The Morgan fingerprint density at radius 1 is 0.500 bits per heavy atom. The Bertz CT molecular complexity index is 985. The van der Waals surface area contributed by atoms with E-state index in [9.17, 15) is 19.2 Å². The molecule has 0 aliphatic carbocycles. The minimum atomic E-state index is -0.235. The van der Waals surface area contributed by atoms with Gasteiger partial charge in [0.1, 0.15) is 24.8 Å². The smallest absolute Gasteiger partial charge is 0.306 e. The first-order chi connectivity index (χ1) is 18.9. The van der Waals surface area contributed by atoms with Gasteiger partial charge in [-0.2, -0.15) is 0 Å². The van der Waals surface area contributed by atoms with Gasteiger partial charge < -0.3 is 9.47 Å². The van der Waals surface area contributed by atoms with Gasteiger partial charge in [0, 0.05) is 38.5 Å². The van der Waals surface area contributed by atoms with E-state index in [1.165, 1.54) is 0 Å². The summed E-state index contributed by atoms with van der Waals surface area (Å²) in [7, 11) is 0. The molecule has 2 rings (SSSR count). The molecule has 40 heavy (non-hydrogen) atoms. The van der Waals surface area contributed by atoms with Gasteiger partial charge in [0.2, 0.25) is 0 Å². The van der Waals surface area contributed by atoms with Crippen LogP contribution in [-0.4, -0.2) is 23.5 Å². The van der Waals surface area contributed by atoms with Gasteiger partial charge in [-0.25, -0.2) is 0 Å². The third-order valence-electron chi connectivity index (χ3n) is 7.34. The van der Waals surface area contributed by atoms with E-state index in [4.69, 9.17) is 9.47 Å². The summed E-state index contributed by atoms with van der Waals surface area (Å²) in [6.45, 7) is 8.74. The van der Waals surface area contributed by atoms with Gasteiger partial charge in [0.05, 0.1) is 0 Å². The summed E-state index contributed by atoms with van der Waals surface area (Å²) in [5.41, 5.74) is 1.58. The summed E-state index contributed by atoms with van der Waals surface area (Å²) >= 11 is 0. The second-order valence-corrected chi connectivity index (χ2v) is 12.2. The van der Waals surface area contributed by atoms with Crippen molar-refractivity contribution >= 4 is 23.5 Å². The number of rotatable bonds is 19. The Morgan fingerprint density at radius 3 is 1.18 bits per heavy atom. The summed E-state index contributed by atoms with van der Waals surface area (Å²) in [5.74, 6) is -0.316. The standard InChI is InChI=1S/C34H46O6/c1-33(2,23-19-31(37)39-25-27-11-7-5-8-12-27)21-17-29(35)15-16-30(36)18-22-34(3,4)24-20-32(38)40-26-28-13-9-6-10-14-28/h5-14H,15-26H2,1-4H3. The summed E-state index contributed by atoms with van der Waals surface area (Å²) in [6, 6.07) is 19.1. The number of carbonyl (C=O) groups excluding carboxylic acids is 4. The van der Waals surface area contributed by atoms with Crippen LogP contribution in [-0.2, 0) is 41.9 Å². The van der Waals surface area contributed by atoms with E-state index in [0.717, 1.165) is 11.1 Å². The summed E-state index contributed by atoms with van der Waals surface area (Å²) in [5, 5.41) is 0. The first-order valence-corrected chi connectivity index (χ1v) is 14.4. The minimum Gasteiger partial charge on any atom is -0.461 e. The van der Waals surface area contributed by atoms with E-state index >= 15 is 0 Å². The Morgan fingerprint density at radius 2 is 0.825 bits per heavy atom. The third kappa shape index (κ3) is 14.8. The summed E-state index contributed by atoms with van der Waals surface area (Å²) in [6.07, 6.45) is 4.54. The Balaban J connectivity index is 1.57. The van der Waals surface area contributed by atoms with Gasteiger partial charge in [0.15, 0.2) is 0 Å².